The highest BCUT2D eigenvalue weighted by Crippen LogP contribution is 2.48. The van der Waals surface area contributed by atoms with Crippen molar-refractivity contribution in [3.8, 4) is 0 Å². The topological polar surface area (TPSA) is 71.8 Å². The van der Waals surface area contributed by atoms with E-state index in [-0.39, 0.29) is 31.1 Å². The number of nitrogens with one attached hydrogen (secondary N) is 1. The minimum atomic E-state index is -0.291. The van der Waals surface area contributed by atoms with Gasteiger partial charge in [-0.2, -0.15) is 0 Å². The number of furan rings is 1. The summed E-state index contributed by atoms with van der Waals surface area (Å²) in [5, 5.41) is 3.14. The molecule has 136 valence electrons. The number of likely N-dealkylation sites (tertiary alicyclic amines) is 1. The largest absolute Gasteiger partial charge is 0.460 e. The summed E-state index contributed by atoms with van der Waals surface area (Å²) >= 11 is 0. The number of hydrogen-bond acceptors (Lipinski definition) is 5. The zero-order chi connectivity index (χ0) is 17.9. The first-order chi connectivity index (χ1) is 12.7. The Balaban J connectivity index is 1.24. The maximum atomic E-state index is 12.6. The van der Waals surface area contributed by atoms with E-state index in [1.165, 1.54) is 6.26 Å². The van der Waals surface area contributed by atoms with Gasteiger partial charge in [-0.05, 0) is 36.5 Å². The summed E-state index contributed by atoms with van der Waals surface area (Å²) in [6, 6.07) is 13.4. The number of amides is 1. The average Bonchev–Trinajstić information content (AvgIpc) is 3.09. The average molecular weight is 354 g/mol. The fraction of sp³-hybridized carbons (Fsp3) is 0.400. The molecule has 6 nitrogen and oxygen atoms in total. The second kappa shape index (κ2) is 7.33. The molecular weight excluding hydrogens is 332 g/mol. The number of nitrogens with zero attached hydrogens (tertiary/aromatic N) is 1. The third kappa shape index (κ3) is 3.65. The first kappa shape index (κ1) is 16.8. The number of ether oxygens (including phenoxy) is 1. The quantitative estimate of drug-likeness (QED) is 0.772. The molecule has 2 fully saturated rings. The highest BCUT2D eigenvalue weighted by Gasteiger charge is 2.54. The van der Waals surface area contributed by atoms with Crippen molar-refractivity contribution in [3.63, 3.8) is 0 Å². The van der Waals surface area contributed by atoms with Crippen LogP contribution in [0.25, 0.3) is 0 Å². The Bertz CT molecular complexity index is 759. The molecule has 2 aliphatic rings. The van der Waals surface area contributed by atoms with Crippen molar-refractivity contribution >= 4 is 11.9 Å². The molecule has 1 amide bonds. The summed E-state index contributed by atoms with van der Waals surface area (Å²) in [5.41, 5.74) is 0.965. The summed E-state index contributed by atoms with van der Waals surface area (Å²) in [6.45, 7) is 0.999. The summed E-state index contributed by atoms with van der Waals surface area (Å²) in [6.07, 6.45) is 3.56. The van der Waals surface area contributed by atoms with Crippen LogP contribution in [0.2, 0.25) is 0 Å². The third-order valence-electron chi connectivity index (χ3n) is 5.07. The lowest BCUT2D eigenvalue weighted by Gasteiger charge is -2.27. The zero-order valence-electron chi connectivity index (χ0n) is 14.5. The monoisotopic (exact) mass is 354 g/mol. The number of carbonyl (C=O) groups excluding carboxylic acids is 2. The Morgan fingerprint density at radius 3 is 2.77 bits per heavy atom. The second-order valence-electron chi connectivity index (χ2n) is 6.92. The van der Waals surface area contributed by atoms with Gasteiger partial charge >= 0.3 is 5.97 Å². The van der Waals surface area contributed by atoms with Crippen LogP contribution in [-0.4, -0.2) is 41.9 Å². The fourth-order valence-corrected chi connectivity index (χ4v) is 3.71. The number of piperidine rings is 1. The van der Waals surface area contributed by atoms with Crippen LogP contribution in [0.15, 0.2) is 53.1 Å². The van der Waals surface area contributed by atoms with E-state index in [1.807, 2.05) is 35.2 Å². The molecule has 26 heavy (non-hydrogen) atoms. The van der Waals surface area contributed by atoms with E-state index in [1.54, 1.807) is 12.1 Å². The third-order valence-corrected chi connectivity index (χ3v) is 5.07. The van der Waals surface area contributed by atoms with Crippen LogP contribution in [0.5, 0.6) is 0 Å². The molecule has 3 unspecified atom stereocenters. The first-order valence-electron chi connectivity index (χ1n) is 8.99. The standard InChI is InChI=1S/C20H22N2O4/c23-19(26-13-14-5-2-1-3-6-14)12-21-11-16-9-15-10-17(15)22(16)20(24)18-7-4-8-25-18/h1-8,15-17,21H,9-13H2. The maximum absolute atomic E-state index is 12.6. The van der Waals surface area contributed by atoms with Gasteiger partial charge in [0, 0.05) is 18.6 Å². The minimum Gasteiger partial charge on any atom is -0.460 e. The Labute approximate surface area is 152 Å². The molecule has 0 radical (unpaired) electrons. The van der Waals surface area contributed by atoms with E-state index in [9.17, 15) is 9.59 Å². The van der Waals surface area contributed by atoms with Crippen LogP contribution in [0, 0.1) is 5.92 Å². The van der Waals surface area contributed by atoms with Crippen molar-refractivity contribution in [3.05, 3.63) is 60.1 Å². The smallest absolute Gasteiger partial charge is 0.320 e. The van der Waals surface area contributed by atoms with E-state index in [0.29, 0.717) is 24.3 Å². The molecule has 1 saturated heterocycles. The van der Waals surface area contributed by atoms with Gasteiger partial charge in [0.2, 0.25) is 0 Å². The SMILES string of the molecule is O=C(CNCC1CC2CC2N1C(=O)c1ccco1)OCc1ccccc1. The Kier molecular flexibility index (Phi) is 4.75. The molecule has 3 atom stereocenters. The van der Waals surface area contributed by atoms with Crippen LogP contribution < -0.4 is 5.32 Å². The van der Waals surface area contributed by atoms with E-state index >= 15 is 0 Å². The molecule has 0 spiro atoms. The van der Waals surface area contributed by atoms with Gasteiger partial charge in [0.1, 0.15) is 6.61 Å². The number of hydrogen-bond donors (Lipinski definition) is 1. The zero-order valence-corrected chi connectivity index (χ0v) is 14.5. The highest BCUT2D eigenvalue weighted by molar-refractivity contribution is 5.92. The molecule has 1 N–H and O–H groups in total. The lowest BCUT2D eigenvalue weighted by atomic mass is 10.1. The van der Waals surface area contributed by atoms with Crippen molar-refractivity contribution in [2.75, 3.05) is 13.1 Å². The van der Waals surface area contributed by atoms with Crippen molar-refractivity contribution in [2.24, 2.45) is 5.92 Å². The second-order valence-corrected chi connectivity index (χ2v) is 6.92. The van der Waals surface area contributed by atoms with Gasteiger partial charge in [-0.25, -0.2) is 0 Å². The van der Waals surface area contributed by atoms with Gasteiger partial charge in [0.05, 0.1) is 12.8 Å². The van der Waals surface area contributed by atoms with Gasteiger partial charge in [-0.15, -0.1) is 0 Å². The van der Waals surface area contributed by atoms with Gasteiger partial charge in [-0.1, -0.05) is 30.3 Å². The van der Waals surface area contributed by atoms with Gasteiger partial charge in [0.15, 0.2) is 5.76 Å². The number of fused-ring (bicyclic) bond motifs is 1. The summed E-state index contributed by atoms with van der Waals surface area (Å²) in [7, 11) is 0. The van der Waals surface area contributed by atoms with Gasteiger partial charge in [-0.3, -0.25) is 9.59 Å². The molecule has 1 saturated carbocycles. The van der Waals surface area contributed by atoms with E-state index in [0.717, 1.165) is 18.4 Å². The molecule has 4 rings (SSSR count). The van der Waals surface area contributed by atoms with Crippen molar-refractivity contribution in [1.29, 1.82) is 0 Å². The first-order valence-corrected chi connectivity index (χ1v) is 8.99. The molecule has 1 aromatic carbocycles. The van der Waals surface area contributed by atoms with Crippen LogP contribution in [0.4, 0.5) is 0 Å². The van der Waals surface area contributed by atoms with Gasteiger partial charge < -0.3 is 19.4 Å². The summed E-state index contributed by atoms with van der Waals surface area (Å²) in [4.78, 5) is 26.4. The lowest BCUT2D eigenvalue weighted by Crippen LogP contribution is -2.44. The predicted molar refractivity (Wildman–Crippen MR) is 94.3 cm³/mol. The molecule has 0 bridgehead atoms. The predicted octanol–water partition coefficient (Wildman–Crippen LogP) is 2.22. The van der Waals surface area contributed by atoms with E-state index in [2.05, 4.69) is 5.32 Å². The fourth-order valence-electron chi connectivity index (χ4n) is 3.71. The molecule has 6 heteroatoms. The van der Waals surface area contributed by atoms with Gasteiger partial charge in [0.25, 0.3) is 5.91 Å². The summed E-state index contributed by atoms with van der Waals surface area (Å²) < 4.78 is 10.5. The van der Waals surface area contributed by atoms with E-state index in [4.69, 9.17) is 9.15 Å². The molecule has 2 heterocycles. The molecule has 1 aromatic heterocycles. The van der Waals surface area contributed by atoms with Crippen LogP contribution >= 0.6 is 0 Å². The normalized spacial score (nSPS) is 23.5. The van der Waals surface area contributed by atoms with Crippen LogP contribution in [-0.2, 0) is 16.1 Å². The van der Waals surface area contributed by atoms with Crippen molar-refractivity contribution in [1.82, 2.24) is 10.2 Å². The maximum Gasteiger partial charge on any atom is 0.320 e. The number of carbonyl (C=O) groups is 2. The molecule has 1 aliphatic carbocycles. The van der Waals surface area contributed by atoms with Crippen LogP contribution in [0.1, 0.15) is 29.0 Å². The van der Waals surface area contributed by atoms with Crippen molar-refractivity contribution < 1.29 is 18.7 Å². The molecular formula is C20H22N2O4. The Morgan fingerprint density at radius 2 is 2.00 bits per heavy atom. The Morgan fingerprint density at radius 1 is 1.15 bits per heavy atom. The number of esters is 1. The Hall–Kier alpha value is -2.60. The van der Waals surface area contributed by atoms with Crippen LogP contribution in [0.3, 0.4) is 0 Å². The van der Waals surface area contributed by atoms with E-state index < -0.39 is 0 Å². The van der Waals surface area contributed by atoms with Crippen molar-refractivity contribution in [2.45, 2.75) is 31.5 Å². The summed E-state index contributed by atoms with van der Waals surface area (Å²) in [5.74, 6) is 0.620. The number of benzene rings is 1. The minimum absolute atomic E-state index is 0.0570. The lowest BCUT2D eigenvalue weighted by molar-refractivity contribution is -0.143. The highest BCUT2D eigenvalue weighted by atomic mass is 16.5. The molecule has 1 aliphatic heterocycles. The number of rotatable bonds is 7. The molecule has 2 aromatic rings.